The number of carbonyl (C=O) groups excluding carboxylic acids is 1. The number of hydrogen-bond acceptors (Lipinski definition) is 4. The molecule has 0 saturated carbocycles. The smallest absolute Gasteiger partial charge is 0.247 e. The quantitative estimate of drug-likeness (QED) is 0.709. The van der Waals surface area contributed by atoms with Crippen LogP contribution in [-0.2, 0) is 9.53 Å². The van der Waals surface area contributed by atoms with E-state index in [0.717, 1.165) is 0 Å². The molecule has 0 aromatic heterocycles. The van der Waals surface area contributed by atoms with Crippen molar-refractivity contribution >= 4 is 22.8 Å². The van der Waals surface area contributed by atoms with Crippen LogP contribution in [0.25, 0.3) is 0 Å². The van der Waals surface area contributed by atoms with Crippen LogP contribution >= 0.6 is 11.8 Å². The van der Waals surface area contributed by atoms with Crippen molar-refractivity contribution in [2.45, 2.75) is 51.5 Å². The van der Waals surface area contributed by atoms with Crippen molar-refractivity contribution in [3.05, 3.63) is 0 Å². The van der Waals surface area contributed by atoms with E-state index in [1.807, 2.05) is 13.8 Å². The molecule has 4 heteroatoms. The van der Waals surface area contributed by atoms with Gasteiger partial charge in [-0.25, -0.2) is 4.99 Å². The van der Waals surface area contributed by atoms with Crippen molar-refractivity contribution in [1.82, 2.24) is 0 Å². The van der Waals surface area contributed by atoms with E-state index in [1.165, 1.54) is 0 Å². The summed E-state index contributed by atoms with van der Waals surface area (Å²) < 4.78 is 5.51. The standard InChI is InChI=1S/C10H17NO2S/c1-6(2)14-9-11-10(4,5)8(13-9)7(3)12/h6,8H,1-5H3. The van der Waals surface area contributed by atoms with Gasteiger partial charge in [-0.1, -0.05) is 25.6 Å². The molecule has 0 fully saturated rings. The Labute approximate surface area is 89.3 Å². The topological polar surface area (TPSA) is 38.7 Å². The number of Topliss-reactive ketones (excluding diaryl/α,β-unsaturated/α-hetero) is 1. The highest BCUT2D eigenvalue weighted by Gasteiger charge is 2.41. The van der Waals surface area contributed by atoms with E-state index >= 15 is 0 Å². The van der Waals surface area contributed by atoms with Crippen molar-refractivity contribution in [2.24, 2.45) is 4.99 Å². The highest BCUT2D eigenvalue weighted by atomic mass is 32.2. The second-order valence-corrected chi connectivity index (χ2v) is 5.83. The predicted octanol–water partition coefficient (Wildman–Crippen LogP) is 2.25. The molecule has 0 amide bonds. The maximum atomic E-state index is 11.3. The number of ether oxygens (including phenoxy) is 1. The molecule has 14 heavy (non-hydrogen) atoms. The van der Waals surface area contributed by atoms with E-state index < -0.39 is 11.6 Å². The van der Waals surface area contributed by atoms with Crippen molar-refractivity contribution < 1.29 is 9.53 Å². The van der Waals surface area contributed by atoms with Gasteiger partial charge >= 0.3 is 0 Å². The van der Waals surface area contributed by atoms with Gasteiger partial charge in [0.25, 0.3) is 0 Å². The third kappa shape index (κ3) is 2.50. The molecule has 1 aliphatic heterocycles. The monoisotopic (exact) mass is 215 g/mol. The van der Waals surface area contributed by atoms with Crippen LogP contribution in [0.1, 0.15) is 34.6 Å². The Kier molecular flexibility index (Phi) is 3.24. The van der Waals surface area contributed by atoms with E-state index in [4.69, 9.17) is 4.74 Å². The highest BCUT2D eigenvalue weighted by Crippen LogP contribution is 2.30. The first-order valence-electron chi connectivity index (χ1n) is 4.76. The van der Waals surface area contributed by atoms with Crippen LogP contribution in [0.3, 0.4) is 0 Å². The van der Waals surface area contributed by atoms with Crippen LogP contribution in [0.5, 0.6) is 0 Å². The van der Waals surface area contributed by atoms with Crippen LogP contribution in [0.4, 0.5) is 0 Å². The van der Waals surface area contributed by atoms with E-state index in [9.17, 15) is 4.79 Å². The molecule has 0 aromatic carbocycles. The van der Waals surface area contributed by atoms with Gasteiger partial charge in [0.15, 0.2) is 11.9 Å². The molecule has 1 atom stereocenters. The number of rotatable bonds is 2. The van der Waals surface area contributed by atoms with E-state index in [-0.39, 0.29) is 5.78 Å². The SMILES string of the molecule is CC(=O)C1OC(SC(C)C)=NC1(C)C. The molecule has 1 heterocycles. The minimum Gasteiger partial charge on any atom is -0.459 e. The second kappa shape index (κ2) is 3.93. The number of nitrogens with zero attached hydrogens (tertiary/aromatic N) is 1. The van der Waals surface area contributed by atoms with E-state index in [0.29, 0.717) is 10.5 Å². The van der Waals surface area contributed by atoms with Crippen LogP contribution in [0.2, 0.25) is 0 Å². The lowest BCUT2D eigenvalue weighted by Crippen LogP contribution is -2.37. The van der Waals surface area contributed by atoms with Gasteiger partial charge in [-0.2, -0.15) is 0 Å². The zero-order valence-corrected chi connectivity index (χ0v) is 10.1. The average molecular weight is 215 g/mol. The van der Waals surface area contributed by atoms with Crippen molar-refractivity contribution in [3.63, 3.8) is 0 Å². The maximum Gasteiger partial charge on any atom is 0.247 e. The zero-order chi connectivity index (χ0) is 10.9. The first-order valence-corrected chi connectivity index (χ1v) is 5.64. The van der Waals surface area contributed by atoms with Gasteiger partial charge in [0.2, 0.25) is 5.23 Å². The molecule has 1 unspecified atom stereocenters. The Balaban J connectivity index is 2.73. The minimum absolute atomic E-state index is 0.0399. The molecule has 0 radical (unpaired) electrons. The van der Waals surface area contributed by atoms with Gasteiger partial charge < -0.3 is 4.74 Å². The maximum absolute atomic E-state index is 11.3. The Morgan fingerprint density at radius 1 is 1.57 bits per heavy atom. The number of hydrogen-bond donors (Lipinski definition) is 0. The molecule has 3 nitrogen and oxygen atoms in total. The van der Waals surface area contributed by atoms with Gasteiger partial charge in [0.1, 0.15) is 5.54 Å². The molecular weight excluding hydrogens is 198 g/mol. The van der Waals surface area contributed by atoms with Gasteiger partial charge in [-0.05, 0) is 20.8 Å². The van der Waals surface area contributed by atoms with Gasteiger partial charge in [0, 0.05) is 5.25 Å². The number of carbonyl (C=O) groups is 1. The molecule has 0 saturated heterocycles. The van der Waals surface area contributed by atoms with Crippen LogP contribution in [0, 0.1) is 0 Å². The lowest BCUT2D eigenvalue weighted by molar-refractivity contribution is -0.125. The molecule has 0 spiro atoms. The fraction of sp³-hybridized carbons (Fsp3) is 0.800. The van der Waals surface area contributed by atoms with Crippen LogP contribution < -0.4 is 0 Å². The largest absolute Gasteiger partial charge is 0.459 e. The van der Waals surface area contributed by atoms with Crippen molar-refractivity contribution in [3.8, 4) is 0 Å². The summed E-state index contributed by atoms with van der Waals surface area (Å²) in [5, 5.41) is 1.07. The van der Waals surface area contributed by atoms with Gasteiger partial charge in [-0.15, -0.1) is 0 Å². The van der Waals surface area contributed by atoms with Gasteiger partial charge in [0.05, 0.1) is 0 Å². The normalized spacial score (nSPS) is 24.7. The van der Waals surface area contributed by atoms with Crippen LogP contribution in [-0.4, -0.2) is 27.9 Å². The predicted molar refractivity (Wildman–Crippen MR) is 59.8 cm³/mol. The molecule has 1 aliphatic rings. The Hall–Kier alpha value is -0.510. The van der Waals surface area contributed by atoms with E-state index in [1.54, 1.807) is 18.7 Å². The number of thioether (sulfide) groups is 1. The summed E-state index contributed by atoms with van der Waals surface area (Å²) in [6.07, 6.45) is -0.413. The second-order valence-electron chi connectivity index (χ2n) is 4.31. The number of ketones is 1. The fourth-order valence-corrected chi connectivity index (χ4v) is 2.24. The minimum atomic E-state index is -0.414. The molecule has 0 N–H and O–H groups in total. The summed E-state index contributed by atoms with van der Waals surface area (Å²) in [6, 6.07) is 0. The van der Waals surface area contributed by atoms with Crippen molar-refractivity contribution in [1.29, 1.82) is 0 Å². The molecule has 80 valence electrons. The fourth-order valence-electron chi connectivity index (χ4n) is 1.40. The van der Waals surface area contributed by atoms with E-state index in [2.05, 4.69) is 18.8 Å². The third-order valence-corrected chi connectivity index (χ3v) is 2.81. The highest BCUT2D eigenvalue weighted by molar-refractivity contribution is 8.14. The third-order valence-electron chi connectivity index (χ3n) is 1.95. The lowest BCUT2D eigenvalue weighted by Gasteiger charge is -2.19. The summed E-state index contributed by atoms with van der Waals surface area (Å²) in [4.78, 5) is 15.7. The summed E-state index contributed by atoms with van der Waals surface area (Å²) in [5.74, 6) is 0.0399. The summed E-state index contributed by atoms with van der Waals surface area (Å²) in [6.45, 7) is 9.54. The Morgan fingerprint density at radius 2 is 2.14 bits per heavy atom. The van der Waals surface area contributed by atoms with Crippen LogP contribution in [0.15, 0.2) is 4.99 Å². The number of aliphatic imine (C=N–C) groups is 1. The zero-order valence-electron chi connectivity index (χ0n) is 9.33. The van der Waals surface area contributed by atoms with Crippen molar-refractivity contribution in [2.75, 3.05) is 0 Å². The molecule has 0 aromatic rings. The lowest BCUT2D eigenvalue weighted by atomic mass is 9.96. The summed E-state index contributed by atoms with van der Waals surface area (Å²) in [5.41, 5.74) is -0.414. The Morgan fingerprint density at radius 3 is 2.50 bits per heavy atom. The Bertz CT molecular complexity index is 271. The first-order chi connectivity index (χ1) is 6.33. The first kappa shape index (κ1) is 11.6. The average Bonchev–Trinajstić information content (AvgIpc) is 2.23. The van der Waals surface area contributed by atoms with Gasteiger partial charge in [-0.3, -0.25) is 4.79 Å². The summed E-state index contributed by atoms with van der Waals surface area (Å²) >= 11 is 1.56. The molecular formula is C10H17NO2S. The molecule has 1 rings (SSSR count). The molecule has 0 aliphatic carbocycles. The molecule has 0 bridgehead atoms. The summed E-state index contributed by atoms with van der Waals surface area (Å²) in [7, 11) is 0.